The normalized spacial score (nSPS) is 27.1. The molecule has 0 saturated carbocycles. The first kappa shape index (κ1) is 29.2. The summed E-state index contributed by atoms with van der Waals surface area (Å²) in [5.41, 5.74) is 4.99. The molecule has 15 nitrogen and oxygen atoms in total. The number of amides is 4. The molecule has 0 aromatic rings. The molecule has 1 rings (SSSR count). The molecule has 1 aliphatic heterocycles. The van der Waals surface area contributed by atoms with Gasteiger partial charge in [-0.05, 0) is 20.3 Å². The summed E-state index contributed by atoms with van der Waals surface area (Å²) < 4.78 is 10.6. The van der Waals surface area contributed by atoms with Crippen LogP contribution in [0.1, 0.15) is 33.6 Å². The van der Waals surface area contributed by atoms with E-state index >= 15 is 0 Å². The van der Waals surface area contributed by atoms with Crippen LogP contribution in [0.3, 0.4) is 0 Å². The number of carboxylic acids is 1. The summed E-state index contributed by atoms with van der Waals surface area (Å²) in [5, 5.41) is 45.9. The van der Waals surface area contributed by atoms with E-state index in [9.17, 15) is 39.3 Å². The highest BCUT2D eigenvalue weighted by Crippen LogP contribution is 2.23. The monoisotopic (exact) mass is 492 g/mol. The number of carbonyl (C=O) groups is 5. The van der Waals surface area contributed by atoms with Gasteiger partial charge in [-0.15, -0.1) is 0 Å². The third-order valence-corrected chi connectivity index (χ3v) is 5.02. The molecule has 0 aromatic heterocycles. The van der Waals surface area contributed by atoms with Crippen molar-refractivity contribution in [1.82, 2.24) is 16.0 Å². The van der Waals surface area contributed by atoms with Gasteiger partial charge in [0.1, 0.15) is 42.5 Å². The molecule has 0 aromatic carbocycles. The highest BCUT2D eigenvalue weighted by atomic mass is 16.6. The van der Waals surface area contributed by atoms with E-state index in [1.165, 1.54) is 13.8 Å². The number of hydrogen-bond donors (Lipinski definition) is 8. The number of rotatable bonds is 12. The van der Waals surface area contributed by atoms with Crippen LogP contribution < -0.4 is 21.7 Å². The molecular formula is C19H32N4O11. The van der Waals surface area contributed by atoms with E-state index in [0.717, 1.165) is 6.92 Å². The first-order chi connectivity index (χ1) is 15.8. The molecule has 1 aliphatic rings. The van der Waals surface area contributed by atoms with Crippen molar-refractivity contribution in [2.45, 2.75) is 82.4 Å². The second-order valence-corrected chi connectivity index (χ2v) is 7.84. The van der Waals surface area contributed by atoms with Crippen LogP contribution in [0.2, 0.25) is 0 Å². The lowest BCUT2D eigenvalue weighted by atomic mass is 9.96. The standard InChI is InChI=1S/C19H32N4O11/c1-7(16(28)23-10(18(30)31)4-5-12(20)26)21-17(29)8(2)33-15-13(22-9(3)25)19(32)34-11(6-24)14(15)27/h7-8,10-11,13-15,19,24,27,32H,4-6H2,1-3H3,(H2,20,26)(H,21,29)(H,22,25)(H,23,28)(H,30,31)/t7?,8?,10?,11-,13-,14-,15-,19+/m1/s1. The SMILES string of the molecule is CC(=O)N[C@@H]1[C@@H](OC(C)C(=O)NC(C)C(=O)NC(CCC(N)=O)C(=O)O)[C@H](O)[C@@H](CO)O[C@@H]1O. The number of nitrogens with two attached hydrogens (primary N) is 1. The van der Waals surface area contributed by atoms with Crippen LogP contribution in [0.15, 0.2) is 0 Å². The zero-order valence-corrected chi connectivity index (χ0v) is 19.0. The van der Waals surface area contributed by atoms with Crippen molar-refractivity contribution < 1.29 is 53.9 Å². The Balaban J connectivity index is 2.80. The second-order valence-electron chi connectivity index (χ2n) is 7.84. The number of primary amides is 1. The molecule has 4 amide bonds. The van der Waals surface area contributed by atoms with E-state index in [-0.39, 0.29) is 12.8 Å². The Labute approximate surface area is 195 Å². The van der Waals surface area contributed by atoms with Gasteiger partial charge in [0, 0.05) is 13.3 Å². The molecule has 1 heterocycles. The number of carboxylic acid groups (broad SMARTS) is 1. The number of hydrogen-bond acceptors (Lipinski definition) is 10. The minimum absolute atomic E-state index is 0.239. The second kappa shape index (κ2) is 13.1. The first-order valence-corrected chi connectivity index (χ1v) is 10.4. The van der Waals surface area contributed by atoms with Crippen LogP contribution in [0.5, 0.6) is 0 Å². The first-order valence-electron chi connectivity index (χ1n) is 10.4. The van der Waals surface area contributed by atoms with Crippen molar-refractivity contribution in [2.75, 3.05) is 6.61 Å². The van der Waals surface area contributed by atoms with Gasteiger partial charge in [-0.3, -0.25) is 19.2 Å². The lowest BCUT2D eigenvalue weighted by Gasteiger charge is -2.43. The van der Waals surface area contributed by atoms with Gasteiger partial charge in [0.15, 0.2) is 6.29 Å². The molecule has 0 spiro atoms. The molecule has 1 saturated heterocycles. The number of aliphatic hydroxyl groups is 3. The summed E-state index contributed by atoms with van der Waals surface area (Å²) in [6.45, 7) is 3.03. The third-order valence-electron chi connectivity index (χ3n) is 5.02. The largest absolute Gasteiger partial charge is 0.480 e. The molecule has 1 fully saturated rings. The number of aliphatic hydroxyl groups excluding tert-OH is 3. The minimum Gasteiger partial charge on any atom is -0.480 e. The molecule has 15 heteroatoms. The Morgan fingerprint density at radius 1 is 1.09 bits per heavy atom. The maximum absolute atomic E-state index is 12.5. The predicted molar refractivity (Wildman–Crippen MR) is 112 cm³/mol. The molecule has 3 unspecified atom stereocenters. The van der Waals surface area contributed by atoms with E-state index in [0.29, 0.717) is 0 Å². The number of ether oxygens (including phenoxy) is 2. The lowest BCUT2D eigenvalue weighted by Crippen LogP contribution is -2.65. The van der Waals surface area contributed by atoms with Crippen LogP contribution in [-0.4, -0.2) is 105 Å². The van der Waals surface area contributed by atoms with Crippen molar-refractivity contribution in [1.29, 1.82) is 0 Å². The van der Waals surface area contributed by atoms with Gasteiger partial charge in [0.2, 0.25) is 23.6 Å². The molecule has 9 N–H and O–H groups in total. The summed E-state index contributed by atoms with van der Waals surface area (Å²) in [6.07, 6.45) is -7.62. The average Bonchev–Trinajstić information content (AvgIpc) is 2.74. The topological polar surface area (TPSA) is 247 Å². The van der Waals surface area contributed by atoms with Crippen LogP contribution >= 0.6 is 0 Å². The Morgan fingerprint density at radius 3 is 2.21 bits per heavy atom. The van der Waals surface area contributed by atoms with Gasteiger partial charge in [-0.1, -0.05) is 0 Å². The Bertz CT molecular complexity index is 765. The van der Waals surface area contributed by atoms with Crippen LogP contribution in [-0.2, 0) is 33.4 Å². The molecule has 0 aliphatic carbocycles. The molecule has 194 valence electrons. The van der Waals surface area contributed by atoms with E-state index in [4.69, 9.17) is 20.3 Å². The maximum atomic E-state index is 12.5. The molecule has 34 heavy (non-hydrogen) atoms. The summed E-state index contributed by atoms with van der Waals surface area (Å²) in [7, 11) is 0. The van der Waals surface area contributed by atoms with Crippen LogP contribution in [0.25, 0.3) is 0 Å². The molecule has 0 bridgehead atoms. The number of nitrogens with one attached hydrogen (secondary N) is 3. The smallest absolute Gasteiger partial charge is 0.326 e. The van der Waals surface area contributed by atoms with E-state index < -0.39 is 85.0 Å². The van der Waals surface area contributed by atoms with E-state index in [1.807, 2.05) is 0 Å². The predicted octanol–water partition coefficient (Wildman–Crippen LogP) is -4.33. The number of aliphatic carboxylic acids is 1. The summed E-state index contributed by atoms with van der Waals surface area (Å²) >= 11 is 0. The van der Waals surface area contributed by atoms with Gasteiger partial charge in [0.25, 0.3) is 0 Å². The Kier molecular flexibility index (Phi) is 11.3. The van der Waals surface area contributed by atoms with E-state index in [2.05, 4.69) is 16.0 Å². The van der Waals surface area contributed by atoms with Gasteiger partial charge >= 0.3 is 5.97 Å². The lowest BCUT2D eigenvalue weighted by molar-refractivity contribution is -0.266. The van der Waals surface area contributed by atoms with Gasteiger partial charge in [0.05, 0.1) is 6.61 Å². The Morgan fingerprint density at radius 2 is 1.71 bits per heavy atom. The highest BCUT2D eigenvalue weighted by Gasteiger charge is 2.47. The van der Waals surface area contributed by atoms with Crippen molar-refractivity contribution in [3.05, 3.63) is 0 Å². The van der Waals surface area contributed by atoms with Gasteiger partial charge < -0.3 is 51.6 Å². The fourth-order valence-electron chi connectivity index (χ4n) is 3.17. The van der Waals surface area contributed by atoms with Crippen molar-refractivity contribution >= 4 is 29.6 Å². The maximum Gasteiger partial charge on any atom is 0.326 e. The zero-order valence-electron chi connectivity index (χ0n) is 19.0. The average molecular weight is 492 g/mol. The quantitative estimate of drug-likeness (QED) is 0.129. The van der Waals surface area contributed by atoms with Crippen molar-refractivity contribution in [3.8, 4) is 0 Å². The van der Waals surface area contributed by atoms with Crippen LogP contribution in [0, 0.1) is 0 Å². The van der Waals surface area contributed by atoms with Crippen molar-refractivity contribution in [3.63, 3.8) is 0 Å². The van der Waals surface area contributed by atoms with Crippen LogP contribution in [0.4, 0.5) is 0 Å². The summed E-state index contributed by atoms with van der Waals surface area (Å²) in [6, 6.07) is -3.89. The Hall–Kier alpha value is -2.85. The highest BCUT2D eigenvalue weighted by molar-refractivity contribution is 5.91. The third kappa shape index (κ3) is 8.49. The molecule has 0 radical (unpaired) electrons. The minimum atomic E-state index is -1.65. The van der Waals surface area contributed by atoms with Crippen molar-refractivity contribution in [2.24, 2.45) is 5.73 Å². The van der Waals surface area contributed by atoms with Gasteiger partial charge in [-0.2, -0.15) is 0 Å². The van der Waals surface area contributed by atoms with E-state index in [1.54, 1.807) is 0 Å². The fourth-order valence-corrected chi connectivity index (χ4v) is 3.17. The van der Waals surface area contributed by atoms with Gasteiger partial charge in [-0.25, -0.2) is 4.79 Å². The molecule has 8 atom stereocenters. The summed E-state index contributed by atoms with van der Waals surface area (Å²) in [5.74, 6) is -4.39. The fraction of sp³-hybridized carbons (Fsp3) is 0.737. The zero-order chi connectivity index (χ0) is 26.2. The summed E-state index contributed by atoms with van der Waals surface area (Å²) in [4.78, 5) is 58.4. The number of carbonyl (C=O) groups excluding carboxylic acids is 4. The molecular weight excluding hydrogens is 460 g/mol.